The average Bonchev–Trinajstić information content (AvgIpc) is 2.61. The third kappa shape index (κ3) is 2.16. The third-order valence-electron chi connectivity index (χ3n) is 2.16. The van der Waals surface area contributed by atoms with E-state index in [0.717, 1.165) is 22.0 Å². The van der Waals surface area contributed by atoms with Gasteiger partial charge in [-0.3, -0.25) is 0 Å². The molecule has 0 amide bonds. The standard InChI is InChI=1S/C11H10Cl2N2/c1-8-6-11(15(7-12)14-8)9-2-4-10(13)5-3-9/h2-6H,7H2,1H3. The van der Waals surface area contributed by atoms with Gasteiger partial charge in [-0.15, -0.1) is 11.6 Å². The monoisotopic (exact) mass is 240 g/mol. The lowest BCUT2D eigenvalue weighted by Crippen LogP contribution is -1.97. The number of rotatable bonds is 2. The van der Waals surface area contributed by atoms with Crippen LogP contribution in [0.1, 0.15) is 5.69 Å². The van der Waals surface area contributed by atoms with Gasteiger partial charge in [-0.25, -0.2) is 4.68 Å². The van der Waals surface area contributed by atoms with Crippen LogP contribution in [0.5, 0.6) is 0 Å². The van der Waals surface area contributed by atoms with Crippen molar-refractivity contribution < 1.29 is 0 Å². The molecule has 0 atom stereocenters. The maximum absolute atomic E-state index is 5.83. The zero-order valence-electron chi connectivity index (χ0n) is 8.24. The van der Waals surface area contributed by atoms with Gasteiger partial charge in [0.15, 0.2) is 0 Å². The van der Waals surface area contributed by atoms with Crippen LogP contribution in [-0.2, 0) is 6.00 Å². The van der Waals surface area contributed by atoms with Gasteiger partial charge in [0, 0.05) is 5.02 Å². The Morgan fingerprint density at radius 1 is 1.27 bits per heavy atom. The molecule has 1 aromatic heterocycles. The van der Waals surface area contributed by atoms with Crippen molar-refractivity contribution >= 4 is 23.2 Å². The first-order chi connectivity index (χ1) is 7.20. The highest BCUT2D eigenvalue weighted by Crippen LogP contribution is 2.22. The lowest BCUT2D eigenvalue weighted by molar-refractivity contribution is 0.742. The summed E-state index contributed by atoms with van der Waals surface area (Å²) in [7, 11) is 0. The maximum Gasteiger partial charge on any atom is 0.116 e. The predicted molar refractivity (Wildman–Crippen MR) is 63.3 cm³/mol. The summed E-state index contributed by atoms with van der Waals surface area (Å²) in [5.41, 5.74) is 3.04. The molecule has 0 aliphatic rings. The van der Waals surface area contributed by atoms with Gasteiger partial charge < -0.3 is 0 Å². The van der Waals surface area contributed by atoms with Gasteiger partial charge in [0.25, 0.3) is 0 Å². The van der Waals surface area contributed by atoms with Crippen LogP contribution in [0, 0.1) is 6.92 Å². The molecule has 0 aliphatic heterocycles. The van der Waals surface area contributed by atoms with Crippen LogP contribution in [0.25, 0.3) is 11.3 Å². The molecule has 2 nitrogen and oxygen atoms in total. The fourth-order valence-corrected chi connectivity index (χ4v) is 1.80. The number of halogens is 2. The second kappa shape index (κ2) is 4.25. The van der Waals surface area contributed by atoms with E-state index < -0.39 is 0 Å². The average molecular weight is 241 g/mol. The Labute approximate surface area is 98.4 Å². The molecule has 0 fully saturated rings. The van der Waals surface area contributed by atoms with E-state index in [4.69, 9.17) is 23.2 Å². The Bertz CT molecular complexity index is 460. The molecule has 0 N–H and O–H groups in total. The molecule has 2 rings (SSSR count). The first kappa shape index (κ1) is 10.5. The molecule has 0 saturated carbocycles. The van der Waals surface area contributed by atoms with Gasteiger partial charge in [-0.2, -0.15) is 5.10 Å². The molecule has 0 saturated heterocycles. The molecule has 4 heteroatoms. The Balaban J connectivity index is 2.48. The van der Waals surface area contributed by atoms with Crippen molar-refractivity contribution in [3.63, 3.8) is 0 Å². The van der Waals surface area contributed by atoms with Crippen LogP contribution in [0.15, 0.2) is 30.3 Å². The van der Waals surface area contributed by atoms with Crippen molar-refractivity contribution in [2.24, 2.45) is 0 Å². The summed E-state index contributed by atoms with van der Waals surface area (Å²) in [6.07, 6.45) is 0. The summed E-state index contributed by atoms with van der Waals surface area (Å²) in [5.74, 6) is 0. The highest BCUT2D eigenvalue weighted by molar-refractivity contribution is 6.30. The van der Waals surface area contributed by atoms with E-state index in [-0.39, 0.29) is 0 Å². The third-order valence-corrected chi connectivity index (χ3v) is 2.63. The van der Waals surface area contributed by atoms with Crippen molar-refractivity contribution in [2.45, 2.75) is 12.9 Å². The van der Waals surface area contributed by atoms with Gasteiger partial charge in [0.05, 0.1) is 11.4 Å². The first-order valence-corrected chi connectivity index (χ1v) is 5.48. The number of alkyl halides is 1. The van der Waals surface area contributed by atoms with E-state index in [2.05, 4.69) is 5.10 Å². The summed E-state index contributed by atoms with van der Waals surface area (Å²) in [4.78, 5) is 0. The van der Waals surface area contributed by atoms with Crippen molar-refractivity contribution in [1.82, 2.24) is 9.78 Å². The smallest absolute Gasteiger partial charge is 0.116 e. The number of nitrogens with zero attached hydrogens (tertiary/aromatic N) is 2. The highest BCUT2D eigenvalue weighted by Gasteiger charge is 2.06. The summed E-state index contributed by atoms with van der Waals surface area (Å²) < 4.78 is 1.76. The zero-order valence-corrected chi connectivity index (χ0v) is 9.76. The SMILES string of the molecule is Cc1cc(-c2ccc(Cl)cc2)n(CCl)n1. The molecular weight excluding hydrogens is 231 g/mol. The molecule has 1 heterocycles. The fourth-order valence-electron chi connectivity index (χ4n) is 1.49. The Kier molecular flexibility index (Phi) is 2.98. The van der Waals surface area contributed by atoms with Crippen molar-refractivity contribution in [3.8, 4) is 11.3 Å². The highest BCUT2D eigenvalue weighted by atomic mass is 35.5. The molecule has 0 bridgehead atoms. The fraction of sp³-hybridized carbons (Fsp3) is 0.182. The topological polar surface area (TPSA) is 17.8 Å². The number of hydrogen-bond donors (Lipinski definition) is 0. The second-order valence-electron chi connectivity index (χ2n) is 3.30. The number of hydrogen-bond acceptors (Lipinski definition) is 1. The number of aryl methyl sites for hydroxylation is 1. The lowest BCUT2D eigenvalue weighted by Gasteiger charge is -2.03. The van der Waals surface area contributed by atoms with Crippen molar-refractivity contribution in [3.05, 3.63) is 41.0 Å². The minimum absolute atomic E-state index is 0.353. The van der Waals surface area contributed by atoms with Crippen molar-refractivity contribution in [2.75, 3.05) is 0 Å². The molecule has 0 spiro atoms. The van der Waals surface area contributed by atoms with Crippen LogP contribution in [0.2, 0.25) is 5.02 Å². The molecule has 2 aromatic rings. The Morgan fingerprint density at radius 2 is 1.93 bits per heavy atom. The quantitative estimate of drug-likeness (QED) is 0.733. The summed E-state index contributed by atoms with van der Waals surface area (Å²) in [6.45, 7) is 1.95. The second-order valence-corrected chi connectivity index (χ2v) is 3.97. The summed E-state index contributed by atoms with van der Waals surface area (Å²) in [6, 6.07) is 10.00. The molecule has 0 aliphatic carbocycles. The normalized spacial score (nSPS) is 10.6. The largest absolute Gasteiger partial charge is 0.250 e. The number of aromatic nitrogens is 2. The van der Waals surface area contributed by atoms with E-state index in [1.807, 2.05) is 37.3 Å². The molecule has 78 valence electrons. The summed E-state index contributed by atoms with van der Waals surface area (Å²) in [5, 5.41) is 5.01. The molecular formula is C11H10Cl2N2. The molecule has 0 radical (unpaired) electrons. The number of benzene rings is 1. The zero-order chi connectivity index (χ0) is 10.8. The van der Waals surface area contributed by atoms with E-state index in [1.165, 1.54) is 0 Å². The van der Waals surface area contributed by atoms with E-state index in [1.54, 1.807) is 4.68 Å². The van der Waals surface area contributed by atoms with Gasteiger partial charge in [0.2, 0.25) is 0 Å². The minimum Gasteiger partial charge on any atom is -0.250 e. The Morgan fingerprint density at radius 3 is 2.53 bits per heavy atom. The minimum atomic E-state index is 0.353. The van der Waals surface area contributed by atoms with Crippen LogP contribution < -0.4 is 0 Å². The molecule has 1 aromatic carbocycles. The first-order valence-electron chi connectivity index (χ1n) is 4.57. The van der Waals surface area contributed by atoms with Crippen LogP contribution in [0.3, 0.4) is 0 Å². The van der Waals surface area contributed by atoms with E-state index in [0.29, 0.717) is 6.00 Å². The van der Waals surface area contributed by atoms with Gasteiger partial charge in [0.1, 0.15) is 6.00 Å². The molecule has 15 heavy (non-hydrogen) atoms. The van der Waals surface area contributed by atoms with Crippen LogP contribution in [0.4, 0.5) is 0 Å². The molecule has 0 unspecified atom stereocenters. The lowest BCUT2D eigenvalue weighted by atomic mass is 10.1. The van der Waals surface area contributed by atoms with Gasteiger partial charge in [-0.1, -0.05) is 23.7 Å². The maximum atomic E-state index is 5.83. The van der Waals surface area contributed by atoms with Gasteiger partial charge in [-0.05, 0) is 30.7 Å². The summed E-state index contributed by atoms with van der Waals surface area (Å²) >= 11 is 11.6. The van der Waals surface area contributed by atoms with Gasteiger partial charge >= 0.3 is 0 Å². The van der Waals surface area contributed by atoms with Crippen molar-refractivity contribution in [1.29, 1.82) is 0 Å². The van der Waals surface area contributed by atoms with E-state index >= 15 is 0 Å². The van der Waals surface area contributed by atoms with Crippen LogP contribution >= 0.6 is 23.2 Å². The predicted octanol–water partition coefficient (Wildman–Crippen LogP) is 3.71. The van der Waals surface area contributed by atoms with Crippen LogP contribution in [-0.4, -0.2) is 9.78 Å². The Hall–Kier alpha value is -0.990. The van der Waals surface area contributed by atoms with E-state index in [9.17, 15) is 0 Å².